The van der Waals surface area contributed by atoms with Crippen LogP contribution in [0.15, 0.2) is 48.1 Å². The molecule has 248 valence electrons. The van der Waals surface area contributed by atoms with Gasteiger partial charge in [-0.2, -0.15) is 0 Å². The van der Waals surface area contributed by atoms with Crippen LogP contribution in [-0.4, -0.2) is 83.6 Å². The molecule has 45 heavy (non-hydrogen) atoms. The van der Waals surface area contributed by atoms with E-state index < -0.39 is 75.6 Å². The summed E-state index contributed by atoms with van der Waals surface area (Å²) in [6.45, 7) is 8.92. The molecule has 0 heterocycles. The number of carbonyl (C=O) groups excluding carboxylic acids is 2. The quantitative estimate of drug-likeness (QED) is 0.188. The lowest BCUT2D eigenvalue weighted by Gasteiger charge is -2.63. The van der Waals surface area contributed by atoms with Crippen molar-refractivity contribution in [3.63, 3.8) is 0 Å². The van der Waals surface area contributed by atoms with Crippen LogP contribution in [0.1, 0.15) is 85.1 Å². The highest BCUT2D eigenvalue weighted by Crippen LogP contribution is 2.69. The number of hydrogen-bond donors (Lipinski definition) is 6. The Bertz CT molecular complexity index is 1350. The fraction of sp³-hybridized carbons (Fsp3) is 0.667. The zero-order chi connectivity index (χ0) is 33.2. The normalized spacial score (nSPS) is 40.6. The van der Waals surface area contributed by atoms with E-state index in [2.05, 4.69) is 0 Å². The first kappa shape index (κ1) is 33.9. The van der Waals surface area contributed by atoms with Crippen molar-refractivity contribution in [2.45, 2.75) is 121 Å². The van der Waals surface area contributed by atoms with Gasteiger partial charge in [0.1, 0.15) is 11.7 Å². The number of carbonyl (C=O) groups is 2. The molecule has 9 nitrogen and oxygen atoms in total. The number of fused-ring (bicyclic) bond motifs is 5. The second kappa shape index (κ2) is 11.7. The predicted octanol–water partition coefficient (Wildman–Crippen LogP) is 3.09. The molecule has 9 heteroatoms. The molecule has 0 bridgehead atoms. The van der Waals surface area contributed by atoms with Gasteiger partial charge in [-0.05, 0) is 80.1 Å². The number of hydrogen-bond acceptors (Lipinski definition) is 9. The molecule has 11 atom stereocenters. The first-order valence-electron chi connectivity index (χ1n) is 16.3. The Hall–Kier alpha value is -2.40. The Morgan fingerprint density at radius 3 is 2.36 bits per heavy atom. The second-order valence-corrected chi connectivity index (χ2v) is 15.2. The smallest absolute Gasteiger partial charge is 0.331 e. The molecule has 4 aliphatic carbocycles. The lowest BCUT2D eigenvalue weighted by Crippen LogP contribution is -2.69. The molecule has 3 saturated carbocycles. The average Bonchev–Trinajstić information content (AvgIpc) is 3.26. The minimum Gasteiger partial charge on any atom is -0.456 e. The van der Waals surface area contributed by atoms with Gasteiger partial charge in [0.15, 0.2) is 5.78 Å². The fourth-order valence-corrected chi connectivity index (χ4v) is 9.28. The summed E-state index contributed by atoms with van der Waals surface area (Å²) in [5.41, 5.74) is -5.79. The molecule has 5 rings (SSSR count). The molecule has 1 aromatic rings. The largest absolute Gasteiger partial charge is 0.456 e. The molecule has 0 aliphatic heterocycles. The number of ether oxygens (including phenoxy) is 1. The molecule has 3 fully saturated rings. The van der Waals surface area contributed by atoms with Crippen molar-refractivity contribution in [1.29, 1.82) is 0 Å². The van der Waals surface area contributed by atoms with Gasteiger partial charge >= 0.3 is 5.97 Å². The third-order valence-corrected chi connectivity index (χ3v) is 12.4. The van der Waals surface area contributed by atoms with Crippen LogP contribution in [0.2, 0.25) is 0 Å². The van der Waals surface area contributed by atoms with E-state index in [0.717, 1.165) is 5.56 Å². The molecule has 0 radical (unpaired) electrons. The monoisotopic (exact) mass is 626 g/mol. The Morgan fingerprint density at radius 1 is 1.04 bits per heavy atom. The van der Waals surface area contributed by atoms with Crippen molar-refractivity contribution in [3.05, 3.63) is 53.6 Å². The van der Waals surface area contributed by atoms with Crippen LogP contribution in [-0.2, 0) is 14.3 Å². The Kier molecular flexibility index (Phi) is 8.82. The Morgan fingerprint density at radius 2 is 1.71 bits per heavy atom. The summed E-state index contributed by atoms with van der Waals surface area (Å²) in [6, 6.07) is 9.24. The van der Waals surface area contributed by atoms with Crippen LogP contribution in [0.3, 0.4) is 0 Å². The third-order valence-electron chi connectivity index (χ3n) is 12.4. The van der Waals surface area contributed by atoms with Gasteiger partial charge in [-0.1, -0.05) is 58.0 Å². The van der Waals surface area contributed by atoms with Gasteiger partial charge in [0.25, 0.3) is 0 Å². The van der Waals surface area contributed by atoms with Crippen LogP contribution < -0.4 is 0 Å². The van der Waals surface area contributed by atoms with E-state index in [4.69, 9.17) is 4.74 Å². The van der Waals surface area contributed by atoms with Crippen LogP contribution in [0.25, 0.3) is 6.08 Å². The molecule has 6 N–H and O–H groups in total. The van der Waals surface area contributed by atoms with Crippen LogP contribution in [0, 0.1) is 28.6 Å². The number of benzene rings is 1. The van der Waals surface area contributed by atoms with E-state index in [-0.39, 0.29) is 31.6 Å². The molecule has 0 saturated heterocycles. The average molecular weight is 627 g/mol. The van der Waals surface area contributed by atoms with E-state index in [0.29, 0.717) is 24.8 Å². The highest BCUT2D eigenvalue weighted by atomic mass is 16.6. The maximum absolute atomic E-state index is 13.8. The van der Waals surface area contributed by atoms with Gasteiger partial charge in [0.2, 0.25) is 0 Å². The van der Waals surface area contributed by atoms with Crippen molar-refractivity contribution in [2.24, 2.45) is 28.6 Å². The van der Waals surface area contributed by atoms with E-state index in [1.54, 1.807) is 19.9 Å². The summed E-state index contributed by atoms with van der Waals surface area (Å²) in [4.78, 5) is 26.6. The highest BCUT2D eigenvalue weighted by Gasteiger charge is 2.72. The molecule has 1 aromatic carbocycles. The molecule has 0 amide bonds. The number of ketones is 1. The third kappa shape index (κ3) is 5.33. The van der Waals surface area contributed by atoms with Crippen molar-refractivity contribution < 1.29 is 45.0 Å². The lowest BCUT2D eigenvalue weighted by atomic mass is 9.44. The van der Waals surface area contributed by atoms with Crippen molar-refractivity contribution >= 4 is 17.8 Å². The second-order valence-electron chi connectivity index (χ2n) is 15.2. The van der Waals surface area contributed by atoms with Crippen LogP contribution in [0.4, 0.5) is 0 Å². The highest BCUT2D eigenvalue weighted by molar-refractivity contribution is 6.00. The van der Waals surface area contributed by atoms with E-state index >= 15 is 0 Å². The summed E-state index contributed by atoms with van der Waals surface area (Å²) >= 11 is 0. The summed E-state index contributed by atoms with van der Waals surface area (Å²) in [5.74, 6) is -2.34. The molecule has 4 aliphatic rings. The van der Waals surface area contributed by atoms with Gasteiger partial charge in [-0.3, -0.25) is 4.79 Å². The van der Waals surface area contributed by atoms with Crippen molar-refractivity contribution in [3.8, 4) is 0 Å². The SMILES string of the molecule is CC(C)[C@@H](O)C[C@@H](O)[C@](C)(O)[C@H]1CC[C@@]2(O)C3=CC(=O)[C@]4(O)C[C@@H](O)[C@@H](OC(=O)C=Cc5ccccc5)C[C@]4(C)[C@H]3CC[C@]12C. The number of rotatable bonds is 8. The van der Waals surface area contributed by atoms with E-state index in [9.17, 15) is 40.2 Å². The van der Waals surface area contributed by atoms with Crippen molar-refractivity contribution in [1.82, 2.24) is 0 Å². The van der Waals surface area contributed by atoms with E-state index in [1.807, 2.05) is 51.1 Å². The first-order chi connectivity index (χ1) is 20.9. The number of aliphatic hydroxyl groups excluding tert-OH is 3. The molecule has 0 spiro atoms. The fourth-order valence-electron chi connectivity index (χ4n) is 9.28. The Labute approximate surface area is 265 Å². The van der Waals surface area contributed by atoms with Gasteiger partial charge < -0.3 is 35.4 Å². The summed E-state index contributed by atoms with van der Waals surface area (Å²) in [7, 11) is 0. The summed E-state index contributed by atoms with van der Waals surface area (Å²) in [5, 5.41) is 68.7. The number of aliphatic hydroxyl groups is 6. The minimum absolute atomic E-state index is 0.00639. The Balaban J connectivity index is 1.42. The summed E-state index contributed by atoms with van der Waals surface area (Å²) in [6.07, 6.45) is 1.24. The van der Waals surface area contributed by atoms with Gasteiger partial charge in [-0.25, -0.2) is 4.79 Å². The molecule has 0 unspecified atom stereocenters. The standard InChI is InChI=1S/C36H50O9/c1-21(2)25(37)18-29(39)34(5,42)28-14-16-35(43)24-17-30(40)36(44)19-26(38)27(20-33(36,4)23(24)13-15-32(28,35)3)45-31(41)12-11-22-9-7-6-8-10-22/h6-12,17,21,23,25-29,37-39,42-44H,13-16,18-20H2,1-5H3/t23-,25-,26+,27-,28-,29+,32+,33+,34+,35+,36+/m0/s1. The maximum Gasteiger partial charge on any atom is 0.331 e. The lowest BCUT2D eigenvalue weighted by molar-refractivity contribution is -0.216. The molecular formula is C36H50O9. The predicted molar refractivity (Wildman–Crippen MR) is 167 cm³/mol. The number of esters is 1. The van der Waals surface area contributed by atoms with Crippen molar-refractivity contribution in [2.75, 3.05) is 0 Å². The van der Waals surface area contributed by atoms with Gasteiger partial charge in [-0.15, -0.1) is 0 Å². The minimum atomic E-state index is -1.92. The van der Waals surface area contributed by atoms with E-state index in [1.165, 1.54) is 12.2 Å². The van der Waals surface area contributed by atoms with Crippen LogP contribution in [0.5, 0.6) is 0 Å². The zero-order valence-corrected chi connectivity index (χ0v) is 27.0. The zero-order valence-electron chi connectivity index (χ0n) is 27.0. The molecule has 0 aromatic heterocycles. The van der Waals surface area contributed by atoms with Crippen LogP contribution >= 0.6 is 0 Å². The summed E-state index contributed by atoms with van der Waals surface area (Å²) < 4.78 is 5.71. The van der Waals surface area contributed by atoms with Gasteiger partial charge in [0, 0.05) is 29.7 Å². The topological polar surface area (TPSA) is 165 Å². The maximum atomic E-state index is 13.8. The van der Waals surface area contributed by atoms with Gasteiger partial charge in [0.05, 0.1) is 29.5 Å². The first-order valence-corrected chi connectivity index (χ1v) is 16.3. The molecular weight excluding hydrogens is 576 g/mol.